The van der Waals surface area contributed by atoms with Gasteiger partial charge in [-0.05, 0) is 87.1 Å². The van der Waals surface area contributed by atoms with Crippen molar-refractivity contribution in [2.45, 2.75) is 70.8 Å². The molecule has 0 unspecified atom stereocenters. The van der Waals surface area contributed by atoms with Crippen LogP contribution in [0.25, 0.3) is 0 Å². The Morgan fingerprint density at radius 3 is 2.71 bits per heavy atom. The predicted octanol–water partition coefficient (Wildman–Crippen LogP) is 4.29. The monoisotopic (exact) mass is 522 g/mol. The highest BCUT2D eigenvalue weighted by molar-refractivity contribution is 5.84. The van der Waals surface area contributed by atoms with Crippen LogP contribution in [0, 0.1) is 5.41 Å². The smallest absolute Gasteiger partial charge is 0.326 e. The third-order valence-corrected chi connectivity index (χ3v) is 7.59. The number of carboxylic acid groups (broad SMARTS) is 1. The number of anilines is 1. The molecule has 0 bridgehead atoms. The number of hydrogen-bond acceptors (Lipinski definition) is 6. The summed E-state index contributed by atoms with van der Waals surface area (Å²) >= 11 is 0. The number of aryl methyl sites for hydroxylation is 2. The Kier molecular flexibility index (Phi) is 9.98. The molecule has 4 rings (SSSR count). The van der Waals surface area contributed by atoms with E-state index in [0.29, 0.717) is 32.5 Å². The number of nitrogens with one attached hydrogen (secondary N) is 2. The summed E-state index contributed by atoms with van der Waals surface area (Å²) in [5.41, 5.74) is 2.46. The number of carbonyl (C=O) groups excluding carboxylic acids is 1. The number of carbonyl (C=O) groups is 2. The summed E-state index contributed by atoms with van der Waals surface area (Å²) in [5.74, 6) is 0.713. The van der Waals surface area contributed by atoms with Crippen molar-refractivity contribution in [1.29, 1.82) is 0 Å². The molecule has 1 fully saturated rings. The Labute approximate surface area is 226 Å². The summed E-state index contributed by atoms with van der Waals surface area (Å²) in [4.78, 5) is 31.3. The van der Waals surface area contributed by atoms with Gasteiger partial charge in [0.25, 0.3) is 0 Å². The number of unbranched alkanes of at least 4 members (excludes halogenated alkanes) is 1. The molecule has 1 amide bonds. The minimum atomic E-state index is -0.980. The molecule has 2 aliphatic rings. The molecule has 0 spiro atoms. The molecule has 0 saturated heterocycles. The lowest BCUT2D eigenvalue weighted by atomic mass is 10.0. The minimum Gasteiger partial charge on any atom is -0.492 e. The van der Waals surface area contributed by atoms with Gasteiger partial charge in [-0.15, -0.1) is 0 Å². The maximum Gasteiger partial charge on any atom is 0.326 e. The standard InChI is InChI=1S/C30H42N4O4/c1-30(15-16-30)22-27(35)33-26(29(36)37)14-19-34(20-21-38-25-10-3-2-4-11-25)18-6-5-9-24-13-12-23-8-7-17-31-28(23)32-24/h2-4,10-13,26H,5-9,14-22H2,1H3,(H,31,32)(H,33,35)(H,36,37)/t26-/m0/s1. The highest BCUT2D eigenvalue weighted by atomic mass is 16.5. The van der Waals surface area contributed by atoms with Gasteiger partial charge in [0, 0.05) is 31.7 Å². The van der Waals surface area contributed by atoms with E-state index < -0.39 is 12.0 Å². The van der Waals surface area contributed by atoms with Gasteiger partial charge in [-0.2, -0.15) is 0 Å². The van der Waals surface area contributed by atoms with Gasteiger partial charge >= 0.3 is 5.97 Å². The number of hydrogen-bond donors (Lipinski definition) is 3. The van der Waals surface area contributed by atoms with Crippen molar-refractivity contribution in [2.75, 3.05) is 38.1 Å². The van der Waals surface area contributed by atoms with E-state index in [9.17, 15) is 14.7 Å². The SMILES string of the molecule is CC1(CC(=O)N[C@@H](CCN(CCCCc2ccc3c(n2)NCCC3)CCOc2ccccc2)C(=O)O)CC1. The summed E-state index contributed by atoms with van der Waals surface area (Å²) in [6.45, 7) is 5.68. The summed E-state index contributed by atoms with van der Waals surface area (Å²) in [6.07, 6.45) is 7.96. The number of carboxylic acids is 1. The van der Waals surface area contributed by atoms with Gasteiger partial charge in [0.2, 0.25) is 5.91 Å². The average Bonchev–Trinajstić information content (AvgIpc) is 3.64. The molecule has 1 aromatic carbocycles. The second kappa shape index (κ2) is 13.6. The van der Waals surface area contributed by atoms with E-state index in [1.807, 2.05) is 30.3 Å². The van der Waals surface area contributed by atoms with E-state index >= 15 is 0 Å². The van der Waals surface area contributed by atoms with Crippen molar-refractivity contribution in [2.24, 2.45) is 5.41 Å². The lowest BCUT2D eigenvalue weighted by Crippen LogP contribution is -2.44. The van der Waals surface area contributed by atoms with E-state index in [0.717, 1.165) is 75.3 Å². The van der Waals surface area contributed by atoms with Crippen LogP contribution in [-0.4, -0.2) is 65.7 Å². The van der Waals surface area contributed by atoms with Gasteiger partial charge < -0.3 is 20.5 Å². The zero-order valence-corrected chi connectivity index (χ0v) is 22.6. The first-order valence-electron chi connectivity index (χ1n) is 14.1. The van der Waals surface area contributed by atoms with Crippen molar-refractivity contribution in [3.8, 4) is 5.75 Å². The fraction of sp³-hybridized carbons (Fsp3) is 0.567. The Hall–Kier alpha value is -3.13. The average molecular weight is 523 g/mol. The van der Waals surface area contributed by atoms with Crippen LogP contribution in [0.2, 0.25) is 0 Å². The topological polar surface area (TPSA) is 104 Å². The molecule has 38 heavy (non-hydrogen) atoms. The van der Waals surface area contributed by atoms with Crippen LogP contribution in [0.1, 0.15) is 63.1 Å². The first-order chi connectivity index (χ1) is 18.4. The molecule has 1 aliphatic carbocycles. The normalized spacial score (nSPS) is 16.3. The number of aliphatic carboxylic acids is 1. The summed E-state index contributed by atoms with van der Waals surface area (Å²) < 4.78 is 5.90. The molecule has 1 aliphatic heterocycles. The van der Waals surface area contributed by atoms with Gasteiger partial charge in [-0.3, -0.25) is 9.69 Å². The number of pyridine rings is 1. The second-order valence-electron chi connectivity index (χ2n) is 11.0. The van der Waals surface area contributed by atoms with Crippen LogP contribution in [0.5, 0.6) is 5.75 Å². The predicted molar refractivity (Wildman–Crippen MR) is 149 cm³/mol. The van der Waals surface area contributed by atoms with Crippen molar-refractivity contribution in [3.05, 3.63) is 53.7 Å². The Balaban J connectivity index is 1.26. The number of benzene rings is 1. The van der Waals surface area contributed by atoms with Crippen LogP contribution in [0.3, 0.4) is 0 Å². The largest absolute Gasteiger partial charge is 0.492 e. The third-order valence-electron chi connectivity index (χ3n) is 7.59. The van der Waals surface area contributed by atoms with Crippen LogP contribution >= 0.6 is 0 Å². The molecular formula is C30H42N4O4. The minimum absolute atomic E-state index is 0.0525. The van der Waals surface area contributed by atoms with E-state index in [1.165, 1.54) is 5.56 Å². The molecule has 1 saturated carbocycles. The maximum absolute atomic E-state index is 12.4. The Bertz CT molecular complexity index is 1060. The number of nitrogens with zero attached hydrogens (tertiary/aromatic N) is 2. The first-order valence-corrected chi connectivity index (χ1v) is 14.1. The Morgan fingerprint density at radius 2 is 1.95 bits per heavy atom. The van der Waals surface area contributed by atoms with Gasteiger partial charge in [-0.25, -0.2) is 9.78 Å². The van der Waals surface area contributed by atoms with Gasteiger partial charge in [0.1, 0.15) is 24.2 Å². The number of rotatable bonds is 16. The molecule has 8 nitrogen and oxygen atoms in total. The quantitative estimate of drug-likeness (QED) is 0.283. The van der Waals surface area contributed by atoms with Crippen LogP contribution in [0.4, 0.5) is 5.82 Å². The molecule has 0 radical (unpaired) electrons. The first kappa shape index (κ1) is 27.9. The van der Waals surface area contributed by atoms with Crippen molar-refractivity contribution < 1.29 is 19.4 Å². The van der Waals surface area contributed by atoms with Gasteiger partial charge in [0.05, 0.1) is 0 Å². The summed E-state index contributed by atoms with van der Waals surface area (Å²) in [7, 11) is 0. The van der Waals surface area contributed by atoms with Crippen LogP contribution in [-0.2, 0) is 22.4 Å². The van der Waals surface area contributed by atoms with Crippen molar-refractivity contribution in [3.63, 3.8) is 0 Å². The van der Waals surface area contributed by atoms with E-state index in [2.05, 4.69) is 34.6 Å². The van der Waals surface area contributed by atoms with Crippen LogP contribution in [0.15, 0.2) is 42.5 Å². The number of amides is 1. The molecule has 1 aromatic heterocycles. The molecule has 1 atom stereocenters. The highest BCUT2D eigenvalue weighted by Gasteiger charge is 2.39. The number of ether oxygens (including phenoxy) is 1. The number of fused-ring (bicyclic) bond motifs is 1. The lowest BCUT2D eigenvalue weighted by Gasteiger charge is -2.25. The fourth-order valence-electron chi connectivity index (χ4n) is 4.89. The molecule has 8 heteroatoms. The zero-order chi connectivity index (χ0) is 26.8. The summed E-state index contributed by atoms with van der Waals surface area (Å²) in [6, 6.07) is 13.2. The second-order valence-corrected chi connectivity index (χ2v) is 11.0. The zero-order valence-electron chi connectivity index (χ0n) is 22.6. The van der Waals surface area contributed by atoms with E-state index in [-0.39, 0.29) is 11.3 Å². The van der Waals surface area contributed by atoms with Crippen LogP contribution < -0.4 is 15.4 Å². The third kappa shape index (κ3) is 9.01. The lowest BCUT2D eigenvalue weighted by molar-refractivity contribution is -0.142. The fourth-order valence-corrected chi connectivity index (χ4v) is 4.89. The molecule has 206 valence electrons. The highest BCUT2D eigenvalue weighted by Crippen LogP contribution is 2.47. The van der Waals surface area contributed by atoms with E-state index in [1.54, 1.807) is 0 Å². The van der Waals surface area contributed by atoms with Gasteiger partial charge in [0.15, 0.2) is 0 Å². The van der Waals surface area contributed by atoms with E-state index in [4.69, 9.17) is 9.72 Å². The molecular weight excluding hydrogens is 480 g/mol. The Morgan fingerprint density at radius 1 is 1.13 bits per heavy atom. The number of aromatic nitrogens is 1. The van der Waals surface area contributed by atoms with Crippen molar-refractivity contribution in [1.82, 2.24) is 15.2 Å². The number of para-hydroxylation sites is 1. The molecule has 2 heterocycles. The molecule has 3 N–H and O–H groups in total. The summed E-state index contributed by atoms with van der Waals surface area (Å²) in [5, 5.41) is 15.9. The van der Waals surface area contributed by atoms with Crippen molar-refractivity contribution >= 4 is 17.7 Å². The molecule has 2 aromatic rings. The van der Waals surface area contributed by atoms with Gasteiger partial charge in [-0.1, -0.05) is 31.2 Å². The maximum atomic E-state index is 12.4.